The van der Waals surface area contributed by atoms with Crippen LogP contribution in [0.3, 0.4) is 0 Å². The van der Waals surface area contributed by atoms with E-state index in [1.54, 1.807) is 54.7 Å². The summed E-state index contributed by atoms with van der Waals surface area (Å²) in [4.78, 5) is 31.5. The molecule has 0 radical (unpaired) electrons. The third-order valence-electron chi connectivity index (χ3n) is 6.45. The molecule has 0 aliphatic heterocycles. The molecule has 2 aromatic carbocycles. The van der Waals surface area contributed by atoms with Crippen LogP contribution in [-0.2, 0) is 15.8 Å². The van der Waals surface area contributed by atoms with Gasteiger partial charge in [-0.05, 0) is 53.9 Å². The summed E-state index contributed by atoms with van der Waals surface area (Å²) in [6.07, 6.45) is -0.529. The average Bonchev–Trinajstić information content (AvgIpc) is 3.62. The van der Waals surface area contributed by atoms with Crippen molar-refractivity contribution in [1.29, 1.82) is 0 Å². The standard InChI is InChI=1S/C26H19F3N4O3/c27-26(28,29)17-9-16(12-32-13-17)15-3-6-19-21(10-15)33-8-7-22(19)36-18-4-1-14(2-5-18)20-11-25(20,23(30)34)24(31)35/h1-10,12-13,20H,11H2,(H2,30,34)(H2,31,35). The predicted octanol–water partition coefficient (Wildman–Crippen LogP) is 4.55. The van der Waals surface area contributed by atoms with Gasteiger partial charge in [-0.3, -0.25) is 19.6 Å². The number of carbonyl (C=O) groups is 2. The highest BCUT2D eigenvalue weighted by Gasteiger charge is 2.64. The van der Waals surface area contributed by atoms with Crippen molar-refractivity contribution in [3.63, 3.8) is 0 Å². The van der Waals surface area contributed by atoms with E-state index in [0.717, 1.165) is 17.8 Å². The minimum Gasteiger partial charge on any atom is -0.457 e. The number of hydrogen-bond donors (Lipinski definition) is 2. The number of aromatic nitrogens is 2. The summed E-state index contributed by atoms with van der Waals surface area (Å²) >= 11 is 0. The Kier molecular flexibility index (Phi) is 5.39. The van der Waals surface area contributed by atoms with Gasteiger partial charge in [0.1, 0.15) is 16.9 Å². The maximum absolute atomic E-state index is 13.1. The fourth-order valence-electron chi connectivity index (χ4n) is 4.37. The largest absolute Gasteiger partial charge is 0.457 e. The number of nitrogens with two attached hydrogens (primary N) is 2. The van der Waals surface area contributed by atoms with Crippen LogP contribution in [-0.4, -0.2) is 21.8 Å². The Labute approximate surface area is 202 Å². The van der Waals surface area contributed by atoms with Crippen LogP contribution in [0.4, 0.5) is 13.2 Å². The lowest BCUT2D eigenvalue weighted by molar-refractivity contribution is -0.138. The Morgan fingerprint density at radius 3 is 2.31 bits per heavy atom. The summed E-state index contributed by atoms with van der Waals surface area (Å²) in [6.45, 7) is 0. The predicted molar refractivity (Wildman–Crippen MR) is 125 cm³/mol. The van der Waals surface area contributed by atoms with E-state index in [0.29, 0.717) is 33.5 Å². The van der Waals surface area contributed by atoms with Crippen molar-refractivity contribution in [3.05, 3.63) is 84.3 Å². The van der Waals surface area contributed by atoms with Gasteiger partial charge >= 0.3 is 6.18 Å². The van der Waals surface area contributed by atoms with E-state index in [1.165, 1.54) is 6.20 Å². The van der Waals surface area contributed by atoms with Gasteiger partial charge in [-0.15, -0.1) is 0 Å². The summed E-state index contributed by atoms with van der Waals surface area (Å²) in [5, 5.41) is 0.661. The molecule has 182 valence electrons. The van der Waals surface area contributed by atoms with Crippen LogP contribution in [0.2, 0.25) is 0 Å². The first-order chi connectivity index (χ1) is 17.1. The molecule has 0 bridgehead atoms. The molecular weight excluding hydrogens is 473 g/mol. The minimum atomic E-state index is -4.49. The van der Waals surface area contributed by atoms with Gasteiger partial charge in [0.25, 0.3) is 0 Å². The lowest BCUT2D eigenvalue weighted by Gasteiger charge is -2.12. The first-order valence-corrected chi connectivity index (χ1v) is 10.9. The molecule has 4 N–H and O–H groups in total. The quantitative estimate of drug-likeness (QED) is 0.383. The van der Waals surface area contributed by atoms with Crippen molar-refractivity contribution in [2.24, 2.45) is 16.9 Å². The third kappa shape index (κ3) is 4.00. The zero-order valence-electron chi connectivity index (χ0n) is 18.6. The first-order valence-electron chi connectivity index (χ1n) is 10.9. The number of amides is 2. The highest BCUT2D eigenvalue weighted by Crippen LogP contribution is 2.59. The number of alkyl halides is 3. The Hall–Kier alpha value is -4.47. The molecule has 36 heavy (non-hydrogen) atoms. The van der Waals surface area contributed by atoms with E-state index < -0.39 is 29.0 Å². The maximum atomic E-state index is 13.1. The number of ether oxygens (including phenoxy) is 1. The zero-order valence-corrected chi connectivity index (χ0v) is 18.6. The molecule has 1 aliphatic rings. The van der Waals surface area contributed by atoms with Crippen LogP contribution in [0.15, 0.2) is 73.2 Å². The van der Waals surface area contributed by atoms with E-state index in [-0.39, 0.29) is 12.3 Å². The van der Waals surface area contributed by atoms with Gasteiger partial charge in [0, 0.05) is 35.5 Å². The van der Waals surface area contributed by atoms with E-state index in [4.69, 9.17) is 16.2 Å². The molecule has 10 heteroatoms. The zero-order chi connectivity index (χ0) is 25.7. The molecule has 4 aromatic rings. The molecule has 1 atom stereocenters. The molecule has 1 saturated carbocycles. The van der Waals surface area contributed by atoms with Crippen molar-refractivity contribution < 1.29 is 27.5 Å². The summed E-state index contributed by atoms with van der Waals surface area (Å²) in [5.74, 6) is -0.835. The van der Waals surface area contributed by atoms with Crippen molar-refractivity contribution >= 4 is 22.7 Å². The molecule has 5 rings (SSSR count). The SMILES string of the molecule is NC(=O)C1(C(N)=O)CC1c1ccc(Oc2ccnc3cc(-c4cncc(C(F)(F)F)c4)ccc23)cc1. The Bertz CT molecular complexity index is 1490. The van der Waals surface area contributed by atoms with Gasteiger partial charge in [0.15, 0.2) is 0 Å². The van der Waals surface area contributed by atoms with Crippen LogP contribution in [0, 0.1) is 5.41 Å². The van der Waals surface area contributed by atoms with Crippen LogP contribution < -0.4 is 16.2 Å². The van der Waals surface area contributed by atoms with Gasteiger partial charge in [-0.1, -0.05) is 18.2 Å². The van der Waals surface area contributed by atoms with E-state index in [2.05, 4.69) is 9.97 Å². The van der Waals surface area contributed by atoms with Gasteiger partial charge in [-0.25, -0.2) is 0 Å². The molecule has 1 aliphatic carbocycles. The van der Waals surface area contributed by atoms with E-state index in [1.807, 2.05) is 0 Å². The van der Waals surface area contributed by atoms with Crippen LogP contribution >= 0.6 is 0 Å². The second kappa shape index (κ2) is 8.33. The summed E-state index contributed by atoms with van der Waals surface area (Å²) in [7, 11) is 0. The average molecular weight is 492 g/mol. The van der Waals surface area contributed by atoms with Crippen LogP contribution in [0.1, 0.15) is 23.5 Å². The number of rotatable bonds is 6. The number of fused-ring (bicyclic) bond motifs is 1. The van der Waals surface area contributed by atoms with Crippen LogP contribution in [0.5, 0.6) is 11.5 Å². The van der Waals surface area contributed by atoms with E-state index >= 15 is 0 Å². The number of hydrogen-bond acceptors (Lipinski definition) is 5. The second-order valence-corrected chi connectivity index (χ2v) is 8.63. The van der Waals surface area contributed by atoms with Gasteiger partial charge in [-0.2, -0.15) is 13.2 Å². The number of halogens is 3. The molecule has 2 amide bonds. The maximum Gasteiger partial charge on any atom is 0.417 e. The highest BCUT2D eigenvalue weighted by molar-refractivity contribution is 6.08. The molecule has 1 fully saturated rings. The molecular formula is C26H19F3N4O3. The van der Waals surface area contributed by atoms with Crippen LogP contribution in [0.25, 0.3) is 22.0 Å². The number of benzene rings is 2. The Morgan fingerprint density at radius 1 is 0.944 bits per heavy atom. The number of nitrogens with zero attached hydrogens (tertiary/aromatic N) is 2. The molecule has 0 saturated heterocycles. The summed E-state index contributed by atoms with van der Waals surface area (Å²) in [6, 6.07) is 14.7. The fraction of sp³-hybridized carbons (Fsp3) is 0.154. The van der Waals surface area contributed by atoms with Crippen molar-refractivity contribution in [2.45, 2.75) is 18.5 Å². The lowest BCUT2D eigenvalue weighted by atomic mass is 9.97. The smallest absolute Gasteiger partial charge is 0.417 e. The van der Waals surface area contributed by atoms with Gasteiger partial charge in [0.2, 0.25) is 11.8 Å². The van der Waals surface area contributed by atoms with Crippen molar-refractivity contribution in [1.82, 2.24) is 9.97 Å². The third-order valence-corrected chi connectivity index (χ3v) is 6.45. The van der Waals surface area contributed by atoms with Gasteiger partial charge in [0.05, 0.1) is 11.1 Å². The van der Waals surface area contributed by atoms with Crippen molar-refractivity contribution in [3.8, 4) is 22.6 Å². The number of primary amides is 2. The normalized spacial score (nSPS) is 16.5. The Balaban J connectivity index is 1.39. The molecule has 0 spiro atoms. The molecule has 2 heterocycles. The lowest BCUT2D eigenvalue weighted by Crippen LogP contribution is -2.38. The minimum absolute atomic E-state index is 0.274. The van der Waals surface area contributed by atoms with Crippen molar-refractivity contribution in [2.75, 3.05) is 0 Å². The topological polar surface area (TPSA) is 121 Å². The fourth-order valence-corrected chi connectivity index (χ4v) is 4.37. The van der Waals surface area contributed by atoms with Gasteiger partial charge < -0.3 is 16.2 Å². The number of carbonyl (C=O) groups excluding carboxylic acids is 2. The molecule has 1 unspecified atom stereocenters. The molecule has 2 aromatic heterocycles. The summed E-state index contributed by atoms with van der Waals surface area (Å²) < 4.78 is 45.2. The summed E-state index contributed by atoms with van der Waals surface area (Å²) in [5.41, 5.74) is 10.7. The van der Waals surface area contributed by atoms with E-state index in [9.17, 15) is 22.8 Å². The number of pyridine rings is 2. The monoisotopic (exact) mass is 492 g/mol. The molecule has 7 nitrogen and oxygen atoms in total. The first kappa shape index (κ1) is 23.3. The highest BCUT2D eigenvalue weighted by atomic mass is 19.4. The Morgan fingerprint density at radius 2 is 1.67 bits per heavy atom. The second-order valence-electron chi connectivity index (χ2n) is 8.63.